The van der Waals surface area contributed by atoms with E-state index in [4.69, 9.17) is 9.47 Å². The summed E-state index contributed by atoms with van der Waals surface area (Å²) in [5.41, 5.74) is -0.543. The molecule has 2 atom stereocenters. The number of carboxylic acid groups (broad SMARTS) is 1. The number of hydrogen-bond acceptors (Lipinski definition) is 3. The van der Waals surface area contributed by atoms with Gasteiger partial charge in [0.2, 0.25) is 0 Å². The molecule has 30 heavy (non-hydrogen) atoms. The van der Waals surface area contributed by atoms with Crippen LogP contribution in [0.5, 0.6) is 5.75 Å². The Balaban J connectivity index is 1.95. The minimum atomic E-state index is -1.99. The molecule has 4 nitrogen and oxygen atoms in total. The minimum absolute atomic E-state index is 0.232. The van der Waals surface area contributed by atoms with Gasteiger partial charge in [-0.05, 0) is 77.9 Å². The van der Waals surface area contributed by atoms with Crippen molar-refractivity contribution in [2.24, 2.45) is 0 Å². The zero-order valence-corrected chi connectivity index (χ0v) is 18.9. The maximum atomic E-state index is 14.4. The summed E-state index contributed by atoms with van der Waals surface area (Å²) in [4.78, 5) is 11.2. The molecular formula is C23H23F2IO4. The van der Waals surface area contributed by atoms with Crippen LogP contribution in [0.25, 0.3) is 0 Å². The lowest BCUT2D eigenvalue weighted by atomic mass is 9.97. The second kappa shape index (κ2) is 11.3. The first-order valence-electron chi connectivity index (χ1n) is 9.41. The van der Waals surface area contributed by atoms with E-state index in [1.807, 2.05) is 6.07 Å². The van der Waals surface area contributed by atoms with Crippen molar-refractivity contribution in [3.8, 4) is 17.6 Å². The Labute approximate surface area is 188 Å². The molecule has 0 aliphatic heterocycles. The van der Waals surface area contributed by atoms with E-state index in [0.29, 0.717) is 17.9 Å². The molecule has 0 bridgehead atoms. The fraction of sp³-hybridized carbons (Fsp3) is 0.348. The van der Waals surface area contributed by atoms with E-state index in [1.165, 1.54) is 18.2 Å². The van der Waals surface area contributed by atoms with E-state index in [9.17, 15) is 18.7 Å². The van der Waals surface area contributed by atoms with Crippen LogP contribution in [0.15, 0.2) is 53.9 Å². The van der Waals surface area contributed by atoms with Gasteiger partial charge in [-0.15, -0.1) is 0 Å². The van der Waals surface area contributed by atoms with E-state index < -0.39 is 23.6 Å². The van der Waals surface area contributed by atoms with Crippen molar-refractivity contribution in [2.75, 3.05) is 13.2 Å². The first-order chi connectivity index (χ1) is 14.2. The van der Waals surface area contributed by atoms with Crippen molar-refractivity contribution in [1.82, 2.24) is 0 Å². The van der Waals surface area contributed by atoms with Crippen LogP contribution in [0.2, 0.25) is 0 Å². The quantitative estimate of drug-likeness (QED) is 0.374. The molecule has 0 radical (unpaired) electrons. The maximum Gasteiger partial charge on any atom is 0.333 e. The summed E-state index contributed by atoms with van der Waals surface area (Å²) in [7, 11) is 0. The van der Waals surface area contributed by atoms with Crippen molar-refractivity contribution >= 4 is 28.6 Å². The monoisotopic (exact) mass is 528 g/mol. The van der Waals surface area contributed by atoms with Crippen molar-refractivity contribution in [3.63, 3.8) is 0 Å². The van der Waals surface area contributed by atoms with Gasteiger partial charge < -0.3 is 14.6 Å². The van der Waals surface area contributed by atoms with Crippen LogP contribution in [0.3, 0.4) is 0 Å². The smallest absolute Gasteiger partial charge is 0.333 e. The number of benzene rings is 1. The molecular weight excluding hydrogens is 505 g/mol. The summed E-state index contributed by atoms with van der Waals surface area (Å²) in [6, 6.07) is 5.42. The van der Waals surface area contributed by atoms with Crippen LogP contribution in [-0.4, -0.2) is 36.1 Å². The second-order valence-electron chi connectivity index (χ2n) is 6.71. The molecule has 0 saturated carbocycles. The lowest BCUT2D eigenvalue weighted by molar-refractivity contribution is -0.149. The van der Waals surface area contributed by atoms with E-state index in [0.717, 1.165) is 9.13 Å². The Morgan fingerprint density at radius 2 is 2.23 bits per heavy atom. The topological polar surface area (TPSA) is 55.8 Å². The molecule has 160 valence electrons. The average Bonchev–Trinajstić information content (AvgIpc) is 2.67. The van der Waals surface area contributed by atoms with Gasteiger partial charge in [-0.25, -0.2) is 13.6 Å². The van der Waals surface area contributed by atoms with Crippen LogP contribution in [0.1, 0.15) is 25.8 Å². The fourth-order valence-electron chi connectivity index (χ4n) is 2.69. The van der Waals surface area contributed by atoms with Crippen LogP contribution < -0.4 is 4.74 Å². The molecule has 1 aliphatic rings. The number of hydrogen-bond donors (Lipinski definition) is 1. The fourth-order valence-corrected chi connectivity index (χ4v) is 3.42. The molecule has 0 heterocycles. The molecule has 1 aliphatic carbocycles. The van der Waals surface area contributed by atoms with Gasteiger partial charge in [0.15, 0.2) is 11.8 Å². The molecule has 1 aromatic carbocycles. The number of allylic oxidation sites excluding steroid dienone is 5. The zero-order chi connectivity index (χ0) is 22.1. The van der Waals surface area contributed by atoms with Gasteiger partial charge in [0, 0.05) is 19.4 Å². The standard InChI is InChI=1S/C23H23F2IO4/c1-3-29-21(22(27)28)14-17-6-7-20(19(26)13-17)30-12-9-16(2)8-11-23(25)10-4-5-18(24)15-23/h4-7,9-10,13,21H,3,12,14-15H2,1-2H3,(H,27,28)/b16-9-/t21-,23?/m0/s1. The van der Waals surface area contributed by atoms with Gasteiger partial charge in [-0.2, -0.15) is 0 Å². The highest BCUT2D eigenvalue weighted by molar-refractivity contribution is 14.1. The van der Waals surface area contributed by atoms with Crippen LogP contribution in [-0.2, 0) is 16.0 Å². The highest BCUT2D eigenvalue weighted by Crippen LogP contribution is 2.27. The SMILES string of the molecule is CCO[C@@H](Cc1ccc(OC/C=C(/C)C#CC2(F)C=CC=C(F)C2)c(I)c1)C(=O)O. The number of aliphatic carboxylic acids is 1. The number of carboxylic acids is 1. The van der Waals surface area contributed by atoms with Crippen molar-refractivity contribution in [2.45, 2.75) is 38.5 Å². The minimum Gasteiger partial charge on any atom is -0.488 e. The van der Waals surface area contributed by atoms with Gasteiger partial charge >= 0.3 is 5.97 Å². The van der Waals surface area contributed by atoms with Gasteiger partial charge in [0.1, 0.15) is 18.2 Å². The Hall–Kier alpha value is -2.18. The van der Waals surface area contributed by atoms with E-state index in [2.05, 4.69) is 34.4 Å². The normalized spacial score (nSPS) is 19.5. The molecule has 1 aromatic rings. The molecule has 0 fully saturated rings. The third kappa shape index (κ3) is 7.58. The highest BCUT2D eigenvalue weighted by Gasteiger charge is 2.27. The predicted octanol–water partition coefficient (Wildman–Crippen LogP) is 5.17. The molecule has 1 unspecified atom stereocenters. The van der Waals surface area contributed by atoms with Gasteiger partial charge in [-0.1, -0.05) is 24.0 Å². The molecule has 0 spiro atoms. The summed E-state index contributed by atoms with van der Waals surface area (Å²) in [6.45, 7) is 4.04. The van der Waals surface area contributed by atoms with Crippen molar-refractivity contribution in [1.29, 1.82) is 0 Å². The Morgan fingerprint density at radius 1 is 1.47 bits per heavy atom. The largest absolute Gasteiger partial charge is 0.488 e. The third-order valence-corrected chi connectivity index (χ3v) is 5.06. The van der Waals surface area contributed by atoms with Crippen LogP contribution >= 0.6 is 22.6 Å². The molecule has 7 heteroatoms. The first-order valence-corrected chi connectivity index (χ1v) is 10.5. The number of halogens is 3. The van der Waals surface area contributed by atoms with E-state index in [-0.39, 0.29) is 19.4 Å². The maximum absolute atomic E-state index is 14.4. The number of rotatable bonds is 8. The summed E-state index contributed by atoms with van der Waals surface area (Å²) in [6.07, 6.45) is 4.52. The average molecular weight is 528 g/mol. The van der Waals surface area contributed by atoms with Gasteiger partial charge in [0.25, 0.3) is 0 Å². The van der Waals surface area contributed by atoms with Crippen LogP contribution in [0, 0.1) is 15.4 Å². The predicted molar refractivity (Wildman–Crippen MR) is 120 cm³/mol. The van der Waals surface area contributed by atoms with Crippen LogP contribution in [0.4, 0.5) is 8.78 Å². The van der Waals surface area contributed by atoms with Crippen molar-refractivity contribution in [3.05, 3.63) is 63.0 Å². The van der Waals surface area contributed by atoms with E-state index in [1.54, 1.807) is 32.1 Å². The molecule has 2 rings (SSSR count). The second-order valence-corrected chi connectivity index (χ2v) is 7.87. The Bertz CT molecular complexity index is 927. The van der Waals surface area contributed by atoms with Gasteiger partial charge in [-0.3, -0.25) is 0 Å². The highest BCUT2D eigenvalue weighted by atomic mass is 127. The third-order valence-electron chi connectivity index (χ3n) is 4.22. The summed E-state index contributed by atoms with van der Waals surface area (Å²) in [5.74, 6) is 4.29. The van der Waals surface area contributed by atoms with Crippen molar-refractivity contribution < 1.29 is 28.2 Å². The number of ether oxygens (including phenoxy) is 2. The Kier molecular flexibility index (Phi) is 9.06. The molecule has 0 aromatic heterocycles. The lowest BCUT2D eigenvalue weighted by Crippen LogP contribution is -2.26. The summed E-state index contributed by atoms with van der Waals surface area (Å²) in [5, 5.41) is 9.20. The molecule has 0 amide bonds. The number of carbonyl (C=O) groups is 1. The molecule has 0 saturated heterocycles. The van der Waals surface area contributed by atoms with Gasteiger partial charge in [0.05, 0.1) is 3.57 Å². The molecule has 1 N–H and O–H groups in total. The first kappa shape index (κ1) is 24.1. The van der Waals surface area contributed by atoms with E-state index >= 15 is 0 Å². The number of alkyl halides is 1. The summed E-state index contributed by atoms with van der Waals surface area (Å²) >= 11 is 2.12. The Morgan fingerprint density at radius 3 is 2.87 bits per heavy atom. The zero-order valence-electron chi connectivity index (χ0n) is 16.8. The summed E-state index contributed by atoms with van der Waals surface area (Å²) < 4.78 is 39.4. The lowest BCUT2D eigenvalue weighted by Gasteiger charge is -2.16.